The molecule has 0 saturated carbocycles. The Bertz CT molecular complexity index is 840. The Labute approximate surface area is 123 Å². The predicted molar refractivity (Wildman–Crippen MR) is 81.9 cm³/mol. The maximum atomic E-state index is 11.7. The summed E-state index contributed by atoms with van der Waals surface area (Å²) in [6.45, 7) is 2.23. The molecule has 1 atom stereocenters. The van der Waals surface area contributed by atoms with Gasteiger partial charge in [0.05, 0.1) is 22.6 Å². The number of anilines is 1. The SMILES string of the molecule is CC1CS(=O)(=O)CCN1c1nc2ccccc2cc1C#N. The minimum Gasteiger partial charge on any atom is -0.351 e. The second kappa shape index (κ2) is 5.01. The molecule has 108 valence electrons. The predicted octanol–water partition coefficient (Wildman–Crippen LogP) is 1.73. The smallest absolute Gasteiger partial charge is 0.154 e. The second-order valence-electron chi connectivity index (χ2n) is 5.32. The summed E-state index contributed by atoms with van der Waals surface area (Å²) < 4.78 is 23.4. The van der Waals surface area contributed by atoms with Crippen LogP contribution in [0.25, 0.3) is 10.9 Å². The lowest BCUT2D eigenvalue weighted by Gasteiger charge is -2.34. The molecule has 0 spiro atoms. The number of nitrogens with zero attached hydrogens (tertiary/aromatic N) is 3. The molecule has 0 N–H and O–H groups in total. The number of hydrogen-bond donors (Lipinski definition) is 0. The summed E-state index contributed by atoms with van der Waals surface area (Å²) >= 11 is 0. The maximum Gasteiger partial charge on any atom is 0.154 e. The summed E-state index contributed by atoms with van der Waals surface area (Å²) in [7, 11) is -2.99. The number of sulfone groups is 1. The zero-order valence-corrected chi connectivity index (χ0v) is 12.5. The van der Waals surface area contributed by atoms with E-state index in [4.69, 9.17) is 0 Å². The Morgan fingerprint density at radius 2 is 2.14 bits per heavy atom. The van der Waals surface area contributed by atoms with Crippen molar-refractivity contribution in [3.8, 4) is 6.07 Å². The van der Waals surface area contributed by atoms with Crippen molar-refractivity contribution in [2.24, 2.45) is 0 Å². The van der Waals surface area contributed by atoms with Crippen molar-refractivity contribution >= 4 is 26.6 Å². The van der Waals surface area contributed by atoms with E-state index in [0.29, 0.717) is 17.9 Å². The lowest BCUT2D eigenvalue weighted by molar-refractivity contribution is 0.567. The van der Waals surface area contributed by atoms with Gasteiger partial charge in [0.25, 0.3) is 0 Å². The van der Waals surface area contributed by atoms with E-state index >= 15 is 0 Å². The number of nitriles is 1. The quantitative estimate of drug-likeness (QED) is 0.802. The fraction of sp³-hybridized carbons (Fsp3) is 0.333. The Kier molecular flexibility index (Phi) is 3.30. The van der Waals surface area contributed by atoms with Crippen molar-refractivity contribution < 1.29 is 8.42 Å². The Morgan fingerprint density at radius 1 is 1.38 bits per heavy atom. The van der Waals surface area contributed by atoms with Crippen molar-refractivity contribution in [1.29, 1.82) is 5.26 Å². The Hall–Kier alpha value is -2.13. The van der Waals surface area contributed by atoms with Crippen LogP contribution in [0, 0.1) is 11.3 Å². The lowest BCUT2D eigenvalue weighted by atomic mass is 10.1. The molecule has 1 aromatic carbocycles. The van der Waals surface area contributed by atoms with Crippen LogP contribution in [0.5, 0.6) is 0 Å². The second-order valence-corrected chi connectivity index (χ2v) is 7.55. The molecule has 21 heavy (non-hydrogen) atoms. The first-order chi connectivity index (χ1) is 10.00. The minimum atomic E-state index is -2.99. The molecule has 2 aromatic rings. The molecule has 1 fully saturated rings. The van der Waals surface area contributed by atoms with Crippen LogP contribution in [-0.4, -0.2) is 37.5 Å². The molecule has 2 heterocycles. The van der Waals surface area contributed by atoms with Crippen molar-refractivity contribution in [2.75, 3.05) is 23.0 Å². The van der Waals surface area contributed by atoms with Crippen LogP contribution in [0.3, 0.4) is 0 Å². The third-order valence-electron chi connectivity index (χ3n) is 3.77. The molecular formula is C15H15N3O2S. The van der Waals surface area contributed by atoms with Gasteiger partial charge in [-0.05, 0) is 19.1 Å². The van der Waals surface area contributed by atoms with E-state index < -0.39 is 9.84 Å². The standard InChI is InChI=1S/C15H15N3O2S/c1-11-10-21(19,20)7-6-18(11)15-13(9-16)8-12-4-2-3-5-14(12)17-15/h2-5,8,11H,6-7,10H2,1H3. The van der Waals surface area contributed by atoms with Gasteiger partial charge in [-0.15, -0.1) is 0 Å². The summed E-state index contributed by atoms with van der Waals surface area (Å²) in [6.07, 6.45) is 0. The number of fused-ring (bicyclic) bond motifs is 1. The summed E-state index contributed by atoms with van der Waals surface area (Å²) in [5, 5.41) is 10.3. The Balaban J connectivity index is 2.09. The monoisotopic (exact) mass is 301 g/mol. The van der Waals surface area contributed by atoms with E-state index in [9.17, 15) is 13.7 Å². The van der Waals surface area contributed by atoms with Crippen LogP contribution in [0.1, 0.15) is 12.5 Å². The number of para-hydroxylation sites is 1. The molecule has 1 aromatic heterocycles. The van der Waals surface area contributed by atoms with E-state index in [2.05, 4.69) is 11.1 Å². The van der Waals surface area contributed by atoms with Gasteiger partial charge in [0.15, 0.2) is 9.84 Å². The van der Waals surface area contributed by atoms with Gasteiger partial charge in [-0.3, -0.25) is 0 Å². The Morgan fingerprint density at radius 3 is 2.86 bits per heavy atom. The summed E-state index contributed by atoms with van der Waals surface area (Å²) in [5.41, 5.74) is 1.30. The molecule has 0 bridgehead atoms. The van der Waals surface area contributed by atoms with E-state index in [-0.39, 0.29) is 17.5 Å². The van der Waals surface area contributed by atoms with E-state index in [1.807, 2.05) is 42.2 Å². The topological polar surface area (TPSA) is 74.1 Å². The molecule has 6 heteroatoms. The van der Waals surface area contributed by atoms with Crippen LogP contribution < -0.4 is 4.90 Å². The normalized spacial score (nSPS) is 21.1. The molecule has 1 aliphatic rings. The molecule has 0 radical (unpaired) electrons. The van der Waals surface area contributed by atoms with Gasteiger partial charge in [0.2, 0.25) is 0 Å². The molecule has 0 amide bonds. The minimum absolute atomic E-state index is 0.104. The highest BCUT2D eigenvalue weighted by Crippen LogP contribution is 2.26. The first-order valence-corrected chi connectivity index (χ1v) is 8.59. The molecular weight excluding hydrogens is 286 g/mol. The van der Waals surface area contributed by atoms with E-state index in [1.54, 1.807) is 0 Å². The fourth-order valence-electron chi connectivity index (χ4n) is 2.72. The van der Waals surface area contributed by atoms with E-state index in [1.165, 1.54) is 0 Å². The van der Waals surface area contributed by atoms with Gasteiger partial charge in [-0.2, -0.15) is 5.26 Å². The first kappa shape index (κ1) is 13.8. The van der Waals surface area contributed by atoms with Crippen LogP contribution in [0.4, 0.5) is 5.82 Å². The number of aromatic nitrogens is 1. The van der Waals surface area contributed by atoms with Crippen LogP contribution in [0.15, 0.2) is 30.3 Å². The highest BCUT2D eigenvalue weighted by molar-refractivity contribution is 7.91. The van der Waals surface area contributed by atoms with Gasteiger partial charge in [0, 0.05) is 18.0 Å². The molecule has 1 unspecified atom stereocenters. The number of benzene rings is 1. The zero-order valence-electron chi connectivity index (χ0n) is 11.7. The van der Waals surface area contributed by atoms with Crippen molar-refractivity contribution in [2.45, 2.75) is 13.0 Å². The summed E-state index contributed by atoms with van der Waals surface area (Å²) in [5.74, 6) is 0.793. The third kappa shape index (κ3) is 2.57. The van der Waals surface area contributed by atoms with Crippen molar-refractivity contribution in [1.82, 2.24) is 4.98 Å². The molecule has 1 saturated heterocycles. The van der Waals surface area contributed by atoms with Crippen LogP contribution in [-0.2, 0) is 9.84 Å². The molecule has 0 aliphatic carbocycles. The van der Waals surface area contributed by atoms with Gasteiger partial charge in [-0.1, -0.05) is 18.2 Å². The molecule has 1 aliphatic heterocycles. The summed E-state index contributed by atoms with van der Waals surface area (Å²) in [4.78, 5) is 6.50. The van der Waals surface area contributed by atoms with E-state index in [0.717, 1.165) is 10.9 Å². The summed E-state index contributed by atoms with van der Waals surface area (Å²) in [6, 6.07) is 11.4. The zero-order chi connectivity index (χ0) is 15.0. The fourth-order valence-corrected chi connectivity index (χ4v) is 4.28. The van der Waals surface area contributed by atoms with Gasteiger partial charge >= 0.3 is 0 Å². The third-order valence-corrected chi connectivity index (χ3v) is 5.56. The molecule has 5 nitrogen and oxygen atoms in total. The number of pyridine rings is 1. The van der Waals surface area contributed by atoms with Crippen molar-refractivity contribution in [3.63, 3.8) is 0 Å². The largest absolute Gasteiger partial charge is 0.351 e. The molecule has 3 rings (SSSR count). The van der Waals surface area contributed by atoms with Gasteiger partial charge in [0.1, 0.15) is 11.9 Å². The van der Waals surface area contributed by atoms with Gasteiger partial charge in [-0.25, -0.2) is 13.4 Å². The van der Waals surface area contributed by atoms with Crippen LogP contribution >= 0.6 is 0 Å². The van der Waals surface area contributed by atoms with Crippen molar-refractivity contribution in [3.05, 3.63) is 35.9 Å². The van der Waals surface area contributed by atoms with Crippen LogP contribution in [0.2, 0.25) is 0 Å². The number of hydrogen-bond acceptors (Lipinski definition) is 5. The van der Waals surface area contributed by atoms with Gasteiger partial charge < -0.3 is 4.90 Å². The number of rotatable bonds is 1. The average Bonchev–Trinajstić information content (AvgIpc) is 2.45. The highest BCUT2D eigenvalue weighted by atomic mass is 32.2. The highest BCUT2D eigenvalue weighted by Gasteiger charge is 2.30. The maximum absolute atomic E-state index is 11.7. The lowest BCUT2D eigenvalue weighted by Crippen LogP contribution is -2.47. The first-order valence-electron chi connectivity index (χ1n) is 6.77. The average molecular weight is 301 g/mol.